The van der Waals surface area contributed by atoms with E-state index < -0.39 is 0 Å². The van der Waals surface area contributed by atoms with Gasteiger partial charge in [0.25, 0.3) is 0 Å². The quantitative estimate of drug-likeness (QED) is 0.471. The fourth-order valence-electron chi connectivity index (χ4n) is 3.16. The Bertz CT molecular complexity index is 851. The molecule has 0 amide bonds. The molecule has 3 N–H and O–H groups in total. The van der Waals surface area contributed by atoms with Gasteiger partial charge in [0.1, 0.15) is 6.07 Å². The highest BCUT2D eigenvalue weighted by molar-refractivity contribution is 7.80. The molecule has 1 aliphatic rings. The molecule has 138 valence electrons. The third kappa shape index (κ3) is 5.26. The Kier molecular flexibility index (Phi) is 6.36. The first-order chi connectivity index (χ1) is 13.2. The highest BCUT2D eigenvalue weighted by Gasteiger charge is 2.19. The first-order valence-electron chi connectivity index (χ1n) is 8.79. The van der Waals surface area contributed by atoms with Crippen LogP contribution < -0.4 is 16.1 Å². The van der Waals surface area contributed by atoms with Gasteiger partial charge >= 0.3 is 0 Å². The Labute approximate surface area is 164 Å². The Balaban J connectivity index is 1.62. The molecular formula is C20H22N6S. The van der Waals surface area contributed by atoms with Gasteiger partial charge in [-0.2, -0.15) is 10.4 Å². The summed E-state index contributed by atoms with van der Waals surface area (Å²) in [6.45, 7) is 4.71. The molecule has 0 atom stereocenters. The molecule has 27 heavy (non-hydrogen) atoms. The number of nitriles is 1. The summed E-state index contributed by atoms with van der Waals surface area (Å²) < 4.78 is 0. The number of thiocarbonyl (C=S) groups is 1. The van der Waals surface area contributed by atoms with Gasteiger partial charge in [-0.05, 0) is 35.5 Å². The summed E-state index contributed by atoms with van der Waals surface area (Å²) in [7, 11) is 0. The van der Waals surface area contributed by atoms with Crippen LogP contribution in [-0.2, 0) is 6.54 Å². The van der Waals surface area contributed by atoms with E-state index in [0.29, 0.717) is 5.56 Å². The summed E-state index contributed by atoms with van der Waals surface area (Å²) in [4.78, 5) is 4.72. The Morgan fingerprint density at radius 3 is 2.59 bits per heavy atom. The topological polar surface area (TPSA) is 80.7 Å². The van der Waals surface area contributed by atoms with Gasteiger partial charge in [-0.1, -0.05) is 36.4 Å². The van der Waals surface area contributed by atoms with Crippen LogP contribution in [0.15, 0.2) is 53.6 Å². The van der Waals surface area contributed by atoms with Crippen molar-refractivity contribution in [3.05, 3.63) is 65.2 Å². The lowest BCUT2D eigenvalue weighted by atomic mass is 10.1. The van der Waals surface area contributed by atoms with Crippen LogP contribution in [0.3, 0.4) is 0 Å². The first-order valence-corrected chi connectivity index (χ1v) is 9.20. The zero-order valence-corrected chi connectivity index (χ0v) is 15.8. The van der Waals surface area contributed by atoms with E-state index in [1.807, 2.05) is 24.3 Å². The van der Waals surface area contributed by atoms with Crippen molar-refractivity contribution in [3.63, 3.8) is 0 Å². The van der Waals surface area contributed by atoms with E-state index in [1.165, 1.54) is 5.56 Å². The summed E-state index contributed by atoms with van der Waals surface area (Å²) in [5.74, 6) is 0. The number of anilines is 1. The second-order valence-corrected chi connectivity index (χ2v) is 6.81. The minimum atomic E-state index is 0.108. The molecule has 7 heteroatoms. The van der Waals surface area contributed by atoms with Gasteiger partial charge in [-0.25, -0.2) is 0 Å². The van der Waals surface area contributed by atoms with Crippen LogP contribution in [0.5, 0.6) is 0 Å². The van der Waals surface area contributed by atoms with Crippen LogP contribution in [0.4, 0.5) is 5.69 Å². The molecule has 2 aromatic carbocycles. The van der Waals surface area contributed by atoms with Crippen LogP contribution in [0.25, 0.3) is 0 Å². The molecule has 0 aliphatic carbocycles. The van der Waals surface area contributed by atoms with E-state index in [4.69, 9.17) is 18.0 Å². The van der Waals surface area contributed by atoms with E-state index in [-0.39, 0.29) is 5.11 Å². The average molecular weight is 379 g/mol. The smallest absolute Gasteiger partial charge is 0.184 e. The van der Waals surface area contributed by atoms with Crippen molar-refractivity contribution in [1.29, 1.82) is 5.26 Å². The van der Waals surface area contributed by atoms with Crippen molar-refractivity contribution in [2.24, 2.45) is 10.8 Å². The minimum absolute atomic E-state index is 0.108. The Morgan fingerprint density at radius 1 is 1.19 bits per heavy atom. The lowest BCUT2D eigenvalue weighted by molar-refractivity contribution is 0.250. The van der Waals surface area contributed by atoms with Crippen molar-refractivity contribution < 1.29 is 0 Å². The average Bonchev–Trinajstić information content (AvgIpc) is 2.69. The molecule has 0 aromatic heterocycles. The second-order valence-electron chi connectivity index (χ2n) is 6.37. The summed E-state index contributed by atoms with van der Waals surface area (Å²) in [5.41, 5.74) is 11.6. The summed E-state index contributed by atoms with van der Waals surface area (Å²) >= 11 is 4.71. The van der Waals surface area contributed by atoms with Crippen LogP contribution in [0.2, 0.25) is 0 Å². The highest BCUT2D eigenvalue weighted by atomic mass is 32.1. The van der Waals surface area contributed by atoms with Crippen LogP contribution in [-0.4, -0.2) is 42.4 Å². The van der Waals surface area contributed by atoms with Crippen LogP contribution >= 0.6 is 12.2 Å². The van der Waals surface area contributed by atoms with Gasteiger partial charge in [-0.15, -0.1) is 0 Å². The van der Waals surface area contributed by atoms with Crippen LogP contribution in [0, 0.1) is 11.3 Å². The van der Waals surface area contributed by atoms with E-state index in [2.05, 4.69) is 50.7 Å². The number of rotatable bonds is 5. The fourth-order valence-corrected chi connectivity index (χ4v) is 3.21. The number of hydrazone groups is 1. The highest BCUT2D eigenvalue weighted by Crippen LogP contribution is 2.23. The van der Waals surface area contributed by atoms with Gasteiger partial charge < -0.3 is 10.6 Å². The molecule has 1 saturated heterocycles. The lowest BCUT2D eigenvalue weighted by Gasteiger charge is -2.36. The van der Waals surface area contributed by atoms with E-state index in [1.54, 1.807) is 6.21 Å². The summed E-state index contributed by atoms with van der Waals surface area (Å²) in [6, 6.07) is 18.6. The molecule has 1 fully saturated rings. The van der Waals surface area contributed by atoms with Gasteiger partial charge in [0.05, 0.1) is 17.5 Å². The molecule has 0 radical (unpaired) electrons. The number of nitrogens with two attached hydrogens (primary N) is 1. The van der Waals surface area contributed by atoms with Gasteiger partial charge in [-0.3, -0.25) is 10.3 Å². The fraction of sp³-hybridized carbons (Fsp3) is 0.250. The minimum Gasteiger partial charge on any atom is -0.375 e. The molecule has 0 saturated carbocycles. The largest absolute Gasteiger partial charge is 0.375 e. The third-order valence-corrected chi connectivity index (χ3v) is 4.58. The molecule has 3 rings (SSSR count). The van der Waals surface area contributed by atoms with E-state index >= 15 is 0 Å². The number of nitrogens with one attached hydrogen (secondary N) is 1. The standard InChI is InChI=1S/C20H22N6S/c21-13-18-12-17(14-23-24-20(22)27)6-7-19(18)26-10-8-25(9-11-26)15-16-4-2-1-3-5-16/h1-7,12,14H,8-11,15H2,(H3,22,24,27)/b23-14+. The number of piperazine rings is 1. The molecule has 6 nitrogen and oxygen atoms in total. The number of nitrogens with zero attached hydrogens (tertiary/aromatic N) is 4. The van der Waals surface area contributed by atoms with Crippen molar-refractivity contribution in [3.8, 4) is 6.07 Å². The Morgan fingerprint density at radius 2 is 1.93 bits per heavy atom. The lowest BCUT2D eigenvalue weighted by Crippen LogP contribution is -2.46. The second kappa shape index (κ2) is 9.12. The van der Waals surface area contributed by atoms with Gasteiger partial charge in [0.2, 0.25) is 0 Å². The molecule has 2 aromatic rings. The first kappa shape index (κ1) is 18.8. The van der Waals surface area contributed by atoms with Crippen molar-refractivity contribution in [2.45, 2.75) is 6.54 Å². The molecule has 1 heterocycles. The monoisotopic (exact) mass is 378 g/mol. The maximum Gasteiger partial charge on any atom is 0.184 e. The molecule has 0 spiro atoms. The van der Waals surface area contributed by atoms with Crippen molar-refractivity contribution in [1.82, 2.24) is 10.3 Å². The SMILES string of the molecule is N#Cc1cc(/C=N/NC(N)=S)ccc1N1CCN(Cc2ccccc2)CC1. The number of hydrogen-bond acceptors (Lipinski definition) is 5. The van der Waals surface area contributed by atoms with Crippen molar-refractivity contribution >= 4 is 29.2 Å². The zero-order valence-electron chi connectivity index (χ0n) is 15.0. The van der Waals surface area contributed by atoms with E-state index in [0.717, 1.165) is 44.0 Å². The zero-order chi connectivity index (χ0) is 19.1. The van der Waals surface area contributed by atoms with Gasteiger partial charge in [0, 0.05) is 32.7 Å². The predicted octanol–water partition coefficient (Wildman–Crippen LogP) is 2.05. The maximum absolute atomic E-state index is 9.55. The molecule has 1 aliphatic heterocycles. The molecule has 0 bridgehead atoms. The maximum atomic E-state index is 9.55. The Hall–Kier alpha value is -2.95. The normalized spacial score (nSPS) is 14.9. The van der Waals surface area contributed by atoms with Gasteiger partial charge in [0.15, 0.2) is 5.11 Å². The molecule has 0 unspecified atom stereocenters. The number of benzene rings is 2. The van der Waals surface area contributed by atoms with E-state index in [9.17, 15) is 5.26 Å². The summed E-state index contributed by atoms with van der Waals surface area (Å²) in [5, 5.41) is 13.6. The molecular weight excluding hydrogens is 356 g/mol. The summed E-state index contributed by atoms with van der Waals surface area (Å²) in [6.07, 6.45) is 1.60. The van der Waals surface area contributed by atoms with Crippen molar-refractivity contribution in [2.75, 3.05) is 31.1 Å². The van der Waals surface area contributed by atoms with Crippen LogP contribution in [0.1, 0.15) is 16.7 Å². The third-order valence-electron chi connectivity index (χ3n) is 4.49. The number of hydrogen-bond donors (Lipinski definition) is 2. The predicted molar refractivity (Wildman–Crippen MR) is 113 cm³/mol.